The number of anilines is 8. The zero-order valence-electron chi connectivity index (χ0n) is 40.0. The maximum atomic E-state index is 12.6. The molecule has 0 atom stereocenters. The number of hydrogen-bond donors (Lipinski definition) is 6. The molecule has 0 aromatic heterocycles. The van der Waals surface area contributed by atoms with Crippen LogP contribution in [0.3, 0.4) is 0 Å². The van der Waals surface area contributed by atoms with E-state index in [9.17, 15) is 19.2 Å². The average molecular weight is 1080 g/mol. The quantitative estimate of drug-likeness (QED) is 0.0652. The molecule has 76 heavy (non-hydrogen) atoms. The van der Waals surface area contributed by atoms with Crippen molar-refractivity contribution in [1.29, 1.82) is 0 Å². The Morgan fingerprint density at radius 1 is 0.303 bits per heavy atom. The summed E-state index contributed by atoms with van der Waals surface area (Å²) in [6.45, 7) is 0. The van der Waals surface area contributed by atoms with Crippen molar-refractivity contribution < 1.29 is 19.2 Å². The number of nitrogens with one attached hydrogen (secondary N) is 4. The van der Waals surface area contributed by atoms with Gasteiger partial charge in [0.1, 0.15) is 0 Å². The third kappa shape index (κ3) is 11.7. The number of para-hydroxylation sites is 4. The highest BCUT2D eigenvalue weighted by atomic mass is 35.5. The second-order valence-corrected chi connectivity index (χ2v) is 18.5. The summed E-state index contributed by atoms with van der Waals surface area (Å²) in [5.74, 6) is 0. The van der Waals surface area contributed by atoms with E-state index in [2.05, 4.69) is 37.2 Å². The van der Waals surface area contributed by atoms with Crippen molar-refractivity contribution in [2.45, 2.75) is 0 Å². The topological polar surface area (TPSA) is 175 Å². The largest absolute Gasteiger partial charge is 0.351 e. The number of hydrogen-bond acceptors (Lipinski definition) is 6. The van der Waals surface area contributed by atoms with E-state index in [1.54, 1.807) is 29.6 Å². The van der Waals surface area contributed by atoms with Gasteiger partial charge in [-0.2, -0.15) is 0 Å². The van der Waals surface area contributed by atoms with Crippen LogP contribution in [-0.4, -0.2) is 24.1 Å². The lowest BCUT2D eigenvalue weighted by molar-refractivity contribution is 0.236. The summed E-state index contributed by atoms with van der Waals surface area (Å²) in [6, 6.07) is 67.6. The minimum Gasteiger partial charge on any atom is -0.351 e. The van der Waals surface area contributed by atoms with E-state index in [0.717, 1.165) is 77.2 Å². The number of amides is 8. The zero-order valence-corrected chi connectivity index (χ0v) is 43.0. The molecule has 0 saturated heterocycles. The third-order valence-electron chi connectivity index (χ3n) is 12.0. The molecule has 0 bridgehead atoms. The number of fused-ring (bicyclic) bond motifs is 2. The van der Waals surface area contributed by atoms with Crippen LogP contribution in [0.25, 0.3) is 43.1 Å². The molecule has 0 aliphatic carbocycles. The Balaban J connectivity index is 0.000000188. The molecular formula is C60H44Cl4N8O4. The molecule has 8 N–H and O–H groups in total. The van der Waals surface area contributed by atoms with Crippen LogP contribution in [0, 0.1) is 0 Å². The van der Waals surface area contributed by atoms with E-state index < -0.39 is 24.1 Å². The summed E-state index contributed by atoms with van der Waals surface area (Å²) in [6.07, 6.45) is 0. The molecule has 11 aromatic rings. The van der Waals surface area contributed by atoms with Crippen molar-refractivity contribution in [2.24, 2.45) is 11.5 Å². The van der Waals surface area contributed by atoms with E-state index in [4.69, 9.17) is 46.4 Å². The molecule has 0 radical (unpaired) electrons. The molecule has 0 fully saturated rings. The molecule has 0 heterocycles. The van der Waals surface area contributed by atoms with Crippen LogP contribution >= 0.6 is 46.4 Å². The lowest BCUT2D eigenvalue weighted by Gasteiger charge is -2.25. The molecule has 0 aliphatic rings. The first kappa shape index (κ1) is 51.8. The number of imide groups is 2. The van der Waals surface area contributed by atoms with E-state index in [1.165, 1.54) is 0 Å². The maximum absolute atomic E-state index is 12.6. The van der Waals surface area contributed by atoms with E-state index in [0.29, 0.717) is 31.5 Å². The number of urea groups is 4. The van der Waals surface area contributed by atoms with Crippen LogP contribution in [0.1, 0.15) is 0 Å². The Morgan fingerprint density at radius 3 is 0.789 bits per heavy atom. The summed E-state index contributed by atoms with van der Waals surface area (Å²) < 4.78 is 0. The van der Waals surface area contributed by atoms with E-state index >= 15 is 0 Å². The third-order valence-corrected chi connectivity index (χ3v) is 13.2. The fourth-order valence-corrected chi connectivity index (χ4v) is 9.86. The number of nitrogens with two attached hydrogens (primary N) is 2. The summed E-state index contributed by atoms with van der Waals surface area (Å²) in [5, 5.41) is 19.9. The van der Waals surface area contributed by atoms with Crippen molar-refractivity contribution in [3.8, 4) is 0 Å². The number of halogens is 4. The summed E-state index contributed by atoms with van der Waals surface area (Å²) in [5.41, 5.74) is 15.9. The van der Waals surface area contributed by atoms with Gasteiger partial charge in [0.15, 0.2) is 0 Å². The fraction of sp³-hybridized carbons (Fsp3) is 0. The first-order valence-corrected chi connectivity index (χ1v) is 24.9. The minimum atomic E-state index is -0.938. The van der Waals surface area contributed by atoms with Gasteiger partial charge in [-0.25, -0.2) is 19.2 Å². The van der Waals surface area contributed by atoms with Gasteiger partial charge in [0.05, 0.1) is 0 Å². The van der Waals surface area contributed by atoms with Crippen LogP contribution in [0.15, 0.2) is 218 Å². The lowest BCUT2D eigenvalue weighted by Crippen LogP contribution is -2.38. The number of primary amides is 2. The molecule has 8 amide bonds. The molecule has 16 heteroatoms. The lowest BCUT2D eigenvalue weighted by atomic mass is 9.89. The zero-order chi connectivity index (χ0) is 53.3. The van der Waals surface area contributed by atoms with Gasteiger partial charge in [-0.1, -0.05) is 143 Å². The molecule has 0 aliphatic heterocycles. The summed E-state index contributed by atoms with van der Waals surface area (Å²) in [7, 11) is 0. The molecule has 11 aromatic carbocycles. The first-order valence-electron chi connectivity index (χ1n) is 23.4. The van der Waals surface area contributed by atoms with Crippen molar-refractivity contribution in [1.82, 2.24) is 10.6 Å². The van der Waals surface area contributed by atoms with Crippen LogP contribution in [-0.2, 0) is 0 Å². The number of carbonyl (C=O) groups excluding carboxylic acids is 4. The highest BCUT2D eigenvalue weighted by Gasteiger charge is 2.21. The standard InChI is InChI=1S/C38H31N5O2.C20H8Cl4.C2H5N3O2/c44-37(39-29-21-25-35(26-22-29)42(31-13-5-1-6-14-31)32-15-7-2-8-16-32)41-38(45)40-30-23-27-36(28-24-30)43(33-17-9-3-10-18-33)34-19-11-4-12-20-34;21-11-5-1-9-2-6-12(22)18-15(9)17(11)19-13(23)7-3-10-4-8-14(24)20(18)16(10)19;3-1(6)5-2(4)7/h1-28H,(H3,39,40,41,44,45);1-8H;(H5,3,4,5,6,7). The Labute approximate surface area is 456 Å². The SMILES string of the molecule is Clc1ccc2ccc(Cl)c3c4c(Cl)ccc5ccc(Cl)c(c1c23)c54.NC(=O)NC(N)=O.O=C(NC(=O)Nc1ccc(N(c2ccccc2)c2ccccc2)cc1)Nc1ccc(N(c2ccccc2)c2ccccc2)cc1. The van der Waals surface area contributed by atoms with Crippen LogP contribution < -0.4 is 42.5 Å². The van der Waals surface area contributed by atoms with Gasteiger partial charge in [0.25, 0.3) is 0 Å². The van der Waals surface area contributed by atoms with Crippen molar-refractivity contribution >= 4 is 159 Å². The van der Waals surface area contributed by atoms with Gasteiger partial charge < -0.3 is 31.9 Å². The molecule has 0 spiro atoms. The molecule has 12 nitrogen and oxygen atoms in total. The van der Waals surface area contributed by atoms with Crippen molar-refractivity contribution in [3.63, 3.8) is 0 Å². The smallest absolute Gasteiger partial charge is 0.327 e. The number of carbonyl (C=O) groups is 4. The maximum Gasteiger partial charge on any atom is 0.327 e. The van der Waals surface area contributed by atoms with Crippen LogP contribution in [0.5, 0.6) is 0 Å². The highest BCUT2D eigenvalue weighted by molar-refractivity contribution is 6.53. The second-order valence-electron chi connectivity index (χ2n) is 16.9. The number of nitrogens with zero attached hydrogens (tertiary/aromatic N) is 2. The predicted octanol–water partition coefficient (Wildman–Crippen LogP) is 17.1. The van der Waals surface area contributed by atoms with Gasteiger partial charge in [0, 0.05) is 97.9 Å². The Kier molecular flexibility index (Phi) is 16.0. The highest BCUT2D eigenvalue weighted by Crippen LogP contribution is 2.49. The molecule has 0 saturated carbocycles. The van der Waals surface area contributed by atoms with E-state index in [-0.39, 0.29) is 0 Å². The second kappa shape index (κ2) is 23.4. The van der Waals surface area contributed by atoms with Crippen LogP contribution in [0.2, 0.25) is 20.1 Å². The Hall–Kier alpha value is -9.04. The van der Waals surface area contributed by atoms with Gasteiger partial charge in [-0.15, -0.1) is 0 Å². The van der Waals surface area contributed by atoms with E-state index in [1.807, 2.05) is 194 Å². The number of benzene rings is 11. The monoisotopic (exact) mass is 1080 g/mol. The van der Waals surface area contributed by atoms with Gasteiger partial charge in [-0.05, 0) is 132 Å². The first-order chi connectivity index (χ1) is 36.8. The Bertz CT molecular complexity index is 3440. The summed E-state index contributed by atoms with van der Waals surface area (Å²) >= 11 is 26.4. The molecular weight excluding hydrogens is 1040 g/mol. The normalized spacial score (nSPS) is 10.7. The fourth-order valence-electron chi connectivity index (χ4n) is 8.85. The molecule has 0 unspecified atom stereocenters. The average Bonchev–Trinajstić information content (AvgIpc) is 3.58. The van der Waals surface area contributed by atoms with Crippen LogP contribution in [0.4, 0.5) is 64.7 Å². The van der Waals surface area contributed by atoms with Crippen molar-refractivity contribution in [2.75, 3.05) is 20.4 Å². The summed E-state index contributed by atoms with van der Waals surface area (Å²) in [4.78, 5) is 48.8. The minimum absolute atomic E-state index is 0.552. The molecule has 11 rings (SSSR count). The molecule has 376 valence electrons. The predicted molar refractivity (Wildman–Crippen MR) is 313 cm³/mol. The van der Waals surface area contributed by atoms with Gasteiger partial charge in [0.2, 0.25) is 0 Å². The Morgan fingerprint density at radius 2 is 0.553 bits per heavy atom. The van der Waals surface area contributed by atoms with Gasteiger partial charge in [-0.3, -0.25) is 10.6 Å². The van der Waals surface area contributed by atoms with Crippen molar-refractivity contribution in [3.05, 3.63) is 238 Å². The van der Waals surface area contributed by atoms with Gasteiger partial charge >= 0.3 is 24.1 Å². The number of rotatable bonds is 8.